The first-order chi connectivity index (χ1) is 6.36. The zero-order valence-electron chi connectivity index (χ0n) is 7.90. The Bertz CT molecular complexity index is 256. The molecule has 13 heavy (non-hydrogen) atoms. The second kappa shape index (κ2) is 3.73. The molecule has 1 aliphatic rings. The summed E-state index contributed by atoms with van der Waals surface area (Å²) in [5.74, 6) is 1.78. The van der Waals surface area contributed by atoms with Gasteiger partial charge in [-0.15, -0.1) is 0 Å². The van der Waals surface area contributed by atoms with E-state index in [0.717, 1.165) is 11.7 Å². The van der Waals surface area contributed by atoms with E-state index in [1.165, 1.54) is 19.3 Å². The lowest BCUT2D eigenvalue weighted by atomic mass is 9.80. The Balaban J connectivity index is 1.90. The van der Waals surface area contributed by atoms with Crippen LogP contribution >= 0.6 is 0 Å². The van der Waals surface area contributed by atoms with E-state index in [-0.39, 0.29) is 0 Å². The fourth-order valence-electron chi connectivity index (χ4n) is 1.67. The van der Waals surface area contributed by atoms with Gasteiger partial charge >= 0.3 is 0 Å². The predicted octanol–water partition coefficient (Wildman–Crippen LogP) is 2.08. The van der Waals surface area contributed by atoms with Crippen LogP contribution in [0.3, 0.4) is 0 Å². The number of nitrogens with one attached hydrogen (secondary N) is 1. The lowest BCUT2D eigenvalue weighted by molar-refractivity contribution is 0.285. The summed E-state index contributed by atoms with van der Waals surface area (Å²) in [6.45, 7) is 2.23. The molecule has 3 heteroatoms. The average molecular weight is 177 g/mol. The molecule has 3 nitrogen and oxygen atoms in total. The molecule has 0 spiro atoms. The molecule has 1 saturated carbocycles. The molecular weight excluding hydrogens is 162 g/mol. The monoisotopic (exact) mass is 177 g/mol. The first-order valence-corrected chi connectivity index (χ1v) is 4.89. The predicted molar refractivity (Wildman–Crippen MR) is 52.5 cm³/mol. The van der Waals surface area contributed by atoms with Crippen LogP contribution in [0.15, 0.2) is 18.6 Å². The van der Waals surface area contributed by atoms with Crippen LogP contribution in [0.4, 0.5) is 5.82 Å². The van der Waals surface area contributed by atoms with Gasteiger partial charge in [-0.3, -0.25) is 0 Å². The van der Waals surface area contributed by atoms with Crippen LogP contribution in [0.2, 0.25) is 0 Å². The highest BCUT2D eigenvalue weighted by Gasteiger charge is 2.23. The molecule has 1 N–H and O–H groups in total. The van der Waals surface area contributed by atoms with Crippen LogP contribution in [-0.2, 0) is 0 Å². The summed E-state index contributed by atoms with van der Waals surface area (Å²) in [5.41, 5.74) is 0. The molecule has 1 unspecified atom stereocenters. The van der Waals surface area contributed by atoms with Crippen molar-refractivity contribution in [3.05, 3.63) is 18.6 Å². The number of nitrogens with zero attached hydrogens (tertiary/aromatic N) is 2. The number of aromatic nitrogens is 2. The van der Waals surface area contributed by atoms with Crippen LogP contribution < -0.4 is 5.32 Å². The van der Waals surface area contributed by atoms with Crippen molar-refractivity contribution in [3.63, 3.8) is 0 Å². The average Bonchev–Trinajstić information content (AvgIpc) is 2.02. The van der Waals surface area contributed by atoms with E-state index in [1.807, 2.05) is 6.07 Å². The van der Waals surface area contributed by atoms with Gasteiger partial charge in [-0.25, -0.2) is 9.97 Å². The van der Waals surface area contributed by atoms with Gasteiger partial charge in [0.2, 0.25) is 0 Å². The zero-order chi connectivity index (χ0) is 9.10. The van der Waals surface area contributed by atoms with Gasteiger partial charge in [-0.2, -0.15) is 0 Å². The van der Waals surface area contributed by atoms with Crippen LogP contribution in [-0.4, -0.2) is 16.0 Å². The topological polar surface area (TPSA) is 37.8 Å². The fourth-order valence-corrected chi connectivity index (χ4v) is 1.67. The lowest BCUT2D eigenvalue weighted by Crippen LogP contribution is -2.31. The molecule has 1 aromatic rings. The van der Waals surface area contributed by atoms with E-state index in [0.29, 0.717) is 6.04 Å². The summed E-state index contributed by atoms with van der Waals surface area (Å²) in [5, 5.41) is 3.39. The highest BCUT2D eigenvalue weighted by Crippen LogP contribution is 2.30. The van der Waals surface area contributed by atoms with E-state index in [9.17, 15) is 0 Å². The second-order valence-electron chi connectivity index (χ2n) is 3.72. The molecule has 1 heterocycles. The van der Waals surface area contributed by atoms with Crippen molar-refractivity contribution in [2.45, 2.75) is 32.2 Å². The molecule has 1 aromatic heterocycles. The molecule has 2 rings (SSSR count). The third-order valence-corrected chi connectivity index (χ3v) is 2.81. The van der Waals surface area contributed by atoms with E-state index < -0.39 is 0 Å². The zero-order valence-corrected chi connectivity index (χ0v) is 7.90. The summed E-state index contributed by atoms with van der Waals surface area (Å²) in [6.07, 6.45) is 7.46. The van der Waals surface area contributed by atoms with Crippen molar-refractivity contribution in [2.75, 3.05) is 5.32 Å². The van der Waals surface area contributed by atoms with E-state index in [1.54, 1.807) is 12.5 Å². The van der Waals surface area contributed by atoms with Gasteiger partial charge in [-0.05, 0) is 31.7 Å². The molecule has 0 amide bonds. The Kier molecular flexibility index (Phi) is 2.43. The number of hydrogen-bond acceptors (Lipinski definition) is 3. The number of rotatable bonds is 3. The minimum Gasteiger partial charge on any atom is -0.367 e. The first kappa shape index (κ1) is 8.48. The van der Waals surface area contributed by atoms with Gasteiger partial charge in [0, 0.05) is 12.2 Å². The van der Waals surface area contributed by atoms with Crippen LogP contribution in [0.25, 0.3) is 0 Å². The van der Waals surface area contributed by atoms with E-state index in [4.69, 9.17) is 0 Å². The summed E-state index contributed by atoms with van der Waals surface area (Å²) in [4.78, 5) is 8.02. The largest absolute Gasteiger partial charge is 0.367 e. The summed E-state index contributed by atoms with van der Waals surface area (Å²) < 4.78 is 0. The molecule has 0 radical (unpaired) electrons. The van der Waals surface area contributed by atoms with Crippen molar-refractivity contribution in [3.8, 4) is 0 Å². The van der Waals surface area contributed by atoms with Gasteiger partial charge < -0.3 is 5.32 Å². The molecule has 1 aliphatic carbocycles. The Morgan fingerprint density at radius 1 is 1.54 bits per heavy atom. The number of anilines is 1. The van der Waals surface area contributed by atoms with Crippen molar-refractivity contribution >= 4 is 5.82 Å². The second-order valence-corrected chi connectivity index (χ2v) is 3.72. The Morgan fingerprint density at radius 3 is 2.92 bits per heavy atom. The molecule has 0 saturated heterocycles. The van der Waals surface area contributed by atoms with Crippen molar-refractivity contribution < 1.29 is 0 Å². The quantitative estimate of drug-likeness (QED) is 0.768. The maximum Gasteiger partial charge on any atom is 0.129 e. The minimum absolute atomic E-state index is 0.545. The molecule has 0 aliphatic heterocycles. The Hall–Kier alpha value is -1.12. The third kappa shape index (κ3) is 1.97. The maximum atomic E-state index is 4.14. The summed E-state index contributed by atoms with van der Waals surface area (Å²) >= 11 is 0. The van der Waals surface area contributed by atoms with Crippen LogP contribution in [0.5, 0.6) is 0 Å². The van der Waals surface area contributed by atoms with Gasteiger partial charge in [-0.1, -0.05) is 6.42 Å². The fraction of sp³-hybridized carbons (Fsp3) is 0.600. The standard InChI is InChI=1S/C10H15N3/c1-8(9-3-2-4-9)13-10-5-6-11-7-12-10/h5-9H,2-4H2,1H3,(H,11,12,13). The van der Waals surface area contributed by atoms with Gasteiger partial charge in [0.1, 0.15) is 12.1 Å². The smallest absolute Gasteiger partial charge is 0.129 e. The summed E-state index contributed by atoms with van der Waals surface area (Å²) in [7, 11) is 0. The third-order valence-electron chi connectivity index (χ3n) is 2.81. The lowest BCUT2D eigenvalue weighted by Gasteiger charge is -2.32. The molecule has 70 valence electrons. The van der Waals surface area contributed by atoms with Crippen molar-refractivity contribution in [1.82, 2.24) is 9.97 Å². The first-order valence-electron chi connectivity index (χ1n) is 4.89. The maximum absolute atomic E-state index is 4.14. The molecule has 1 fully saturated rings. The van der Waals surface area contributed by atoms with E-state index in [2.05, 4.69) is 22.2 Å². The highest BCUT2D eigenvalue weighted by atomic mass is 15.0. The summed E-state index contributed by atoms with van der Waals surface area (Å²) in [6, 6.07) is 2.46. The van der Waals surface area contributed by atoms with Crippen molar-refractivity contribution in [2.24, 2.45) is 5.92 Å². The minimum atomic E-state index is 0.545. The van der Waals surface area contributed by atoms with Crippen LogP contribution in [0.1, 0.15) is 26.2 Å². The molecule has 0 aromatic carbocycles. The Labute approximate surface area is 78.6 Å². The molecule has 0 bridgehead atoms. The molecular formula is C10H15N3. The Morgan fingerprint density at radius 2 is 2.38 bits per heavy atom. The van der Waals surface area contributed by atoms with Crippen molar-refractivity contribution in [1.29, 1.82) is 0 Å². The normalized spacial score (nSPS) is 19.2. The van der Waals surface area contributed by atoms with Gasteiger partial charge in [0.15, 0.2) is 0 Å². The van der Waals surface area contributed by atoms with E-state index >= 15 is 0 Å². The highest BCUT2D eigenvalue weighted by molar-refractivity contribution is 5.33. The van der Waals surface area contributed by atoms with Gasteiger partial charge in [0.05, 0.1) is 0 Å². The molecule has 1 atom stereocenters. The van der Waals surface area contributed by atoms with Crippen LogP contribution in [0, 0.1) is 5.92 Å². The number of hydrogen-bond donors (Lipinski definition) is 1. The van der Waals surface area contributed by atoms with Gasteiger partial charge in [0.25, 0.3) is 0 Å². The SMILES string of the molecule is CC(Nc1ccncn1)C1CCC1.